The second-order valence-corrected chi connectivity index (χ2v) is 7.37. The predicted octanol–water partition coefficient (Wildman–Crippen LogP) is 2.95. The molecule has 2 heterocycles. The molecule has 0 saturated carbocycles. The monoisotopic (exact) mass is 315 g/mol. The minimum absolute atomic E-state index is 0.293. The fourth-order valence-corrected chi connectivity index (χ4v) is 3.75. The number of hydrogen-bond donors (Lipinski definition) is 1. The third-order valence-electron chi connectivity index (χ3n) is 5.46. The Bertz CT molecular complexity index is 542. The number of carbonyl (C=O) groups excluding carboxylic acids is 1. The van der Waals surface area contributed by atoms with E-state index >= 15 is 0 Å². The number of hydrogen-bond acceptors (Lipinski definition) is 3. The molecule has 1 aromatic carbocycles. The van der Waals surface area contributed by atoms with Gasteiger partial charge in [0.25, 0.3) is 0 Å². The van der Waals surface area contributed by atoms with Gasteiger partial charge in [-0.2, -0.15) is 0 Å². The van der Waals surface area contributed by atoms with Crippen molar-refractivity contribution in [1.29, 1.82) is 0 Å². The molecule has 4 nitrogen and oxygen atoms in total. The maximum Gasteiger partial charge on any atom is 0.222 e. The summed E-state index contributed by atoms with van der Waals surface area (Å²) in [6.07, 6.45) is 2.90. The van der Waals surface area contributed by atoms with Gasteiger partial charge in [-0.05, 0) is 50.4 Å². The normalized spacial score (nSPS) is 29.1. The lowest BCUT2D eigenvalue weighted by Crippen LogP contribution is -2.48. The summed E-state index contributed by atoms with van der Waals surface area (Å²) in [6.45, 7) is 7.43. The topological polar surface area (TPSA) is 35.6 Å². The molecule has 1 amide bonds. The Morgan fingerprint density at radius 3 is 2.61 bits per heavy atom. The quantitative estimate of drug-likeness (QED) is 0.928. The highest BCUT2D eigenvalue weighted by Crippen LogP contribution is 2.24. The van der Waals surface area contributed by atoms with Crippen LogP contribution in [0.3, 0.4) is 0 Å². The van der Waals surface area contributed by atoms with E-state index in [1.807, 2.05) is 4.90 Å². The lowest BCUT2D eigenvalue weighted by Gasteiger charge is -2.40. The van der Waals surface area contributed by atoms with Gasteiger partial charge in [0.15, 0.2) is 0 Å². The van der Waals surface area contributed by atoms with E-state index < -0.39 is 0 Å². The molecular weight excluding hydrogens is 286 g/mol. The smallest absolute Gasteiger partial charge is 0.222 e. The van der Waals surface area contributed by atoms with Gasteiger partial charge in [-0.1, -0.05) is 19.1 Å². The van der Waals surface area contributed by atoms with Gasteiger partial charge in [-0.25, -0.2) is 0 Å². The predicted molar refractivity (Wildman–Crippen MR) is 94.4 cm³/mol. The molecular formula is C19H29N3O. The van der Waals surface area contributed by atoms with Crippen LogP contribution in [0, 0.1) is 5.92 Å². The van der Waals surface area contributed by atoms with Crippen LogP contribution in [0.5, 0.6) is 0 Å². The third-order valence-corrected chi connectivity index (χ3v) is 5.46. The SMILES string of the molecule is C[C@@H]1CN(C)[C@H](C)C[C@@H]1Nc1ccc(CN2CCCC2=O)cc1. The second-order valence-electron chi connectivity index (χ2n) is 7.37. The molecule has 4 heteroatoms. The first-order valence-corrected chi connectivity index (χ1v) is 8.86. The Morgan fingerprint density at radius 1 is 1.22 bits per heavy atom. The number of benzene rings is 1. The van der Waals surface area contributed by atoms with Crippen LogP contribution in [0.4, 0.5) is 5.69 Å². The highest BCUT2D eigenvalue weighted by molar-refractivity contribution is 5.78. The lowest BCUT2D eigenvalue weighted by molar-refractivity contribution is -0.128. The lowest BCUT2D eigenvalue weighted by atomic mass is 9.89. The number of anilines is 1. The standard InChI is InChI=1S/C19H29N3O/c1-14-12-21(3)15(2)11-18(14)20-17-8-6-16(7-9-17)13-22-10-4-5-19(22)23/h6-9,14-15,18,20H,4-5,10-13H2,1-3H3/t14-,15-,18+/m1/s1. The fraction of sp³-hybridized carbons (Fsp3) is 0.632. The fourth-order valence-electron chi connectivity index (χ4n) is 3.75. The summed E-state index contributed by atoms with van der Waals surface area (Å²) in [7, 11) is 2.21. The van der Waals surface area contributed by atoms with E-state index in [2.05, 4.69) is 55.4 Å². The zero-order valence-corrected chi connectivity index (χ0v) is 14.6. The molecule has 1 N–H and O–H groups in total. The maximum atomic E-state index is 11.7. The molecule has 2 aliphatic heterocycles. The van der Waals surface area contributed by atoms with Crippen LogP contribution >= 0.6 is 0 Å². The highest BCUT2D eigenvalue weighted by Gasteiger charge is 2.28. The Kier molecular flexibility index (Phi) is 4.90. The number of nitrogens with zero attached hydrogens (tertiary/aromatic N) is 2. The molecule has 0 aliphatic carbocycles. The summed E-state index contributed by atoms with van der Waals surface area (Å²) in [5.74, 6) is 0.944. The average molecular weight is 315 g/mol. The Labute approximate surface area is 139 Å². The van der Waals surface area contributed by atoms with Gasteiger partial charge in [0.2, 0.25) is 5.91 Å². The van der Waals surface area contributed by atoms with Crippen molar-refractivity contribution in [2.45, 2.75) is 51.7 Å². The molecule has 0 spiro atoms. The van der Waals surface area contributed by atoms with Crippen molar-refractivity contribution in [2.75, 3.05) is 25.5 Å². The Balaban J connectivity index is 1.58. The molecule has 3 rings (SSSR count). The van der Waals surface area contributed by atoms with Crippen LogP contribution in [0.15, 0.2) is 24.3 Å². The van der Waals surface area contributed by atoms with Crippen molar-refractivity contribution in [3.8, 4) is 0 Å². The third kappa shape index (κ3) is 3.86. The Morgan fingerprint density at radius 2 is 1.96 bits per heavy atom. The molecule has 126 valence electrons. The van der Waals surface area contributed by atoms with E-state index in [0.717, 1.165) is 26.1 Å². The Hall–Kier alpha value is -1.55. The van der Waals surface area contributed by atoms with E-state index in [9.17, 15) is 4.79 Å². The summed E-state index contributed by atoms with van der Waals surface area (Å²) in [6, 6.07) is 9.78. The number of carbonyl (C=O) groups is 1. The van der Waals surface area contributed by atoms with Crippen molar-refractivity contribution < 1.29 is 4.79 Å². The summed E-state index contributed by atoms with van der Waals surface area (Å²) < 4.78 is 0. The second kappa shape index (κ2) is 6.91. The minimum Gasteiger partial charge on any atom is -0.382 e. The number of amides is 1. The van der Waals surface area contributed by atoms with E-state index in [4.69, 9.17) is 0 Å². The van der Waals surface area contributed by atoms with E-state index in [0.29, 0.717) is 30.3 Å². The maximum absolute atomic E-state index is 11.7. The number of piperidine rings is 1. The zero-order valence-electron chi connectivity index (χ0n) is 14.6. The summed E-state index contributed by atoms with van der Waals surface area (Å²) in [4.78, 5) is 16.1. The molecule has 0 bridgehead atoms. The molecule has 2 aliphatic rings. The van der Waals surface area contributed by atoms with E-state index in [1.165, 1.54) is 17.7 Å². The van der Waals surface area contributed by atoms with Gasteiger partial charge in [0.05, 0.1) is 0 Å². The molecule has 2 saturated heterocycles. The van der Waals surface area contributed by atoms with Crippen molar-refractivity contribution in [3.05, 3.63) is 29.8 Å². The molecule has 0 radical (unpaired) electrons. The van der Waals surface area contributed by atoms with Crippen LogP contribution in [0.25, 0.3) is 0 Å². The number of rotatable bonds is 4. The first-order valence-electron chi connectivity index (χ1n) is 8.86. The van der Waals surface area contributed by atoms with Gasteiger partial charge in [0.1, 0.15) is 0 Å². The number of nitrogens with one attached hydrogen (secondary N) is 1. The summed E-state index contributed by atoms with van der Waals surface area (Å²) in [5, 5.41) is 3.70. The molecule has 0 aromatic heterocycles. The van der Waals surface area contributed by atoms with E-state index in [1.54, 1.807) is 0 Å². The zero-order chi connectivity index (χ0) is 16.4. The first-order chi connectivity index (χ1) is 11.0. The molecule has 1 aromatic rings. The largest absolute Gasteiger partial charge is 0.382 e. The number of likely N-dealkylation sites (tertiary alicyclic amines) is 2. The summed E-state index contributed by atoms with van der Waals surface area (Å²) in [5.41, 5.74) is 2.41. The van der Waals surface area contributed by atoms with Crippen LogP contribution in [-0.2, 0) is 11.3 Å². The van der Waals surface area contributed by atoms with Gasteiger partial charge in [-0.15, -0.1) is 0 Å². The van der Waals surface area contributed by atoms with Crippen molar-refractivity contribution in [3.63, 3.8) is 0 Å². The summed E-state index contributed by atoms with van der Waals surface area (Å²) >= 11 is 0. The molecule has 3 atom stereocenters. The van der Waals surface area contributed by atoms with Crippen LogP contribution < -0.4 is 5.32 Å². The van der Waals surface area contributed by atoms with Crippen molar-refractivity contribution in [2.24, 2.45) is 5.92 Å². The molecule has 23 heavy (non-hydrogen) atoms. The van der Waals surface area contributed by atoms with Gasteiger partial charge in [0, 0.05) is 43.8 Å². The van der Waals surface area contributed by atoms with E-state index in [-0.39, 0.29) is 0 Å². The van der Waals surface area contributed by atoms with Gasteiger partial charge in [-0.3, -0.25) is 4.79 Å². The van der Waals surface area contributed by atoms with Gasteiger partial charge >= 0.3 is 0 Å². The van der Waals surface area contributed by atoms with Crippen molar-refractivity contribution >= 4 is 11.6 Å². The van der Waals surface area contributed by atoms with Crippen LogP contribution in [-0.4, -0.2) is 47.9 Å². The average Bonchev–Trinajstić information content (AvgIpc) is 2.92. The molecule has 2 fully saturated rings. The highest BCUT2D eigenvalue weighted by atomic mass is 16.2. The minimum atomic E-state index is 0.293. The molecule has 0 unspecified atom stereocenters. The van der Waals surface area contributed by atoms with Gasteiger partial charge < -0.3 is 15.1 Å². The van der Waals surface area contributed by atoms with Crippen LogP contribution in [0.1, 0.15) is 38.7 Å². The van der Waals surface area contributed by atoms with Crippen LogP contribution in [0.2, 0.25) is 0 Å². The first kappa shape index (κ1) is 16.3. The van der Waals surface area contributed by atoms with Crippen molar-refractivity contribution in [1.82, 2.24) is 9.80 Å².